The first-order valence-electron chi connectivity index (χ1n) is 5.13. The fraction of sp³-hybridized carbons (Fsp3) is 0.154. The summed E-state index contributed by atoms with van der Waals surface area (Å²) in [7, 11) is 0. The lowest BCUT2D eigenvalue weighted by atomic mass is 10.0. The number of benzene rings is 1. The van der Waals surface area contributed by atoms with Crippen molar-refractivity contribution in [2.75, 3.05) is 5.73 Å². The molecule has 0 saturated carbocycles. The van der Waals surface area contributed by atoms with E-state index in [0.29, 0.717) is 11.4 Å². The Kier molecular flexibility index (Phi) is 2.88. The molecule has 0 aliphatic carbocycles. The average molecular weight is 214 g/mol. The van der Waals surface area contributed by atoms with Crippen molar-refractivity contribution >= 4 is 5.82 Å². The molecule has 1 aromatic carbocycles. The highest BCUT2D eigenvalue weighted by molar-refractivity contribution is 5.44. The van der Waals surface area contributed by atoms with Gasteiger partial charge in [0.15, 0.2) is 0 Å². The van der Waals surface area contributed by atoms with Crippen LogP contribution in [-0.2, 0) is 0 Å². The van der Waals surface area contributed by atoms with E-state index in [2.05, 4.69) is 4.98 Å². The van der Waals surface area contributed by atoms with E-state index in [1.165, 1.54) is 0 Å². The second kappa shape index (κ2) is 4.33. The number of nitrogens with zero attached hydrogens (tertiary/aromatic N) is 1. The van der Waals surface area contributed by atoms with Gasteiger partial charge in [0, 0.05) is 11.8 Å². The van der Waals surface area contributed by atoms with Gasteiger partial charge in [0.25, 0.3) is 0 Å². The van der Waals surface area contributed by atoms with Gasteiger partial charge in [-0.3, -0.25) is 0 Å². The predicted molar refractivity (Wildman–Crippen MR) is 63.9 cm³/mol. The van der Waals surface area contributed by atoms with Crippen LogP contribution in [0.3, 0.4) is 0 Å². The minimum atomic E-state index is -0.714. The summed E-state index contributed by atoms with van der Waals surface area (Å²) in [4.78, 5) is 3.97. The topological polar surface area (TPSA) is 59.1 Å². The van der Waals surface area contributed by atoms with Gasteiger partial charge in [-0.1, -0.05) is 35.9 Å². The lowest BCUT2D eigenvalue weighted by Gasteiger charge is -2.13. The van der Waals surface area contributed by atoms with Crippen LogP contribution in [0.4, 0.5) is 5.82 Å². The third kappa shape index (κ3) is 2.04. The largest absolute Gasteiger partial charge is 0.384 e. The van der Waals surface area contributed by atoms with Gasteiger partial charge in [-0.15, -0.1) is 0 Å². The number of aliphatic hydroxyl groups is 1. The van der Waals surface area contributed by atoms with Crippen LogP contribution in [0.5, 0.6) is 0 Å². The first-order chi connectivity index (χ1) is 7.68. The van der Waals surface area contributed by atoms with Gasteiger partial charge in [-0.05, 0) is 18.6 Å². The smallest absolute Gasteiger partial charge is 0.129 e. The zero-order valence-corrected chi connectivity index (χ0v) is 9.09. The number of nitrogens with two attached hydrogens (primary N) is 1. The molecule has 3 N–H and O–H groups in total. The molecule has 82 valence electrons. The Labute approximate surface area is 94.6 Å². The third-order valence-corrected chi connectivity index (χ3v) is 2.52. The Morgan fingerprint density at radius 1 is 1.25 bits per heavy atom. The fourth-order valence-electron chi connectivity index (χ4n) is 1.68. The van der Waals surface area contributed by atoms with Crippen molar-refractivity contribution in [2.45, 2.75) is 13.0 Å². The zero-order chi connectivity index (χ0) is 11.5. The summed E-state index contributed by atoms with van der Waals surface area (Å²) in [6, 6.07) is 11.3. The van der Waals surface area contributed by atoms with Crippen molar-refractivity contribution in [3.05, 3.63) is 59.3 Å². The van der Waals surface area contributed by atoms with Crippen molar-refractivity contribution in [3.8, 4) is 0 Å². The molecule has 3 heteroatoms. The van der Waals surface area contributed by atoms with Crippen molar-refractivity contribution in [1.29, 1.82) is 0 Å². The molecule has 0 aliphatic heterocycles. The number of aromatic nitrogens is 1. The van der Waals surface area contributed by atoms with Crippen molar-refractivity contribution in [1.82, 2.24) is 4.98 Å². The van der Waals surface area contributed by atoms with Gasteiger partial charge in [0.2, 0.25) is 0 Å². The summed E-state index contributed by atoms with van der Waals surface area (Å²) in [6.45, 7) is 1.99. The maximum atomic E-state index is 10.2. The molecule has 0 spiro atoms. The molecule has 1 aromatic heterocycles. The number of nitrogen functional groups attached to an aromatic ring is 1. The molecule has 3 nitrogen and oxygen atoms in total. The summed E-state index contributed by atoms with van der Waals surface area (Å²) in [5, 5.41) is 10.2. The van der Waals surface area contributed by atoms with Gasteiger partial charge in [-0.2, -0.15) is 0 Å². The molecule has 0 bridgehead atoms. The number of pyridine rings is 1. The Hall–Kier alpha value is -1.87. The number of hydrogen-bond acceptors (Lipinski definition) is 3. The predicted octanol–water partition coefficient (Wildman–Crippen LogP) is 2.05. The number of aryl methyl sites for hydroxylation is 1. The summed E-state index contributed by atoms with van der Waals surface area (Å²) >= 11 is 0. The number of hydrogen-bond donors (Lipinski definition) is 2. The van der Waals surface area contributed by atoms with E-state index in [9.17, 15) is 5.11 Å². The molecule has 0 radical (unpaired) electrons. The molecule has 0 amide bonds. The lowest BCUT2D eigenvalue weighted by Crippen LogP contribution is -2.05. The van der Waals surface area contributed by atoms with Crippen LogP contribution < -0.4 is 5.73 Å². The monoisotopic (exact) mass is 214 g/mol. The second-order valence-electron chi connectivity index (χ2n) is 3.79. The molecule has 16 heavy (non-hydrogen) atoms. The SMILES string of the molecule is Cc1cccc(C(O)c2cccnc2N)c1. The normalized spacial score (nSPS) is 12.4. The molecule has 1 unspecified atom stereocenters. The Bertz CT molecular complexity index is 497. The summed E-state index contributed by atoms with van der Waals surface area (Å²) < 4.78 is 0. The third-order valence-electron chi connectivity index (χ3n) is 2.52. The minimum absolute atomic E-state index is 0.372. The Morgan fingerprint density at radius 2 is 2.06 bits per heavy atom. The van der Waals surface area contributed by atoms with Crippen molar-refractivity contribution in [2.24, 2.45) is 0 Å². The van der Waals surface area contributed by atoms with Crippen LogP contribution >= 0.6 is 0 Å². The standard InChI is InChI=1S/C13H14N2O/c1-9-4-2-5-10(8-9)12(16)11-6-3-7-15-13(11)14/h2-8,12,16H,1H3,(H2,14,15). The molecule has 1 atom stereocenters. The zero-order valence-electron chi connectivity index (χ0n) is 9.09. The minimum Gasteiger partial charge on any atom is -0.384 e. The second-order valence-corrected chi connectivity index (χ2v) is 3.79. The average Bonchev–Trinajstić information content (AvgIpc) is 2.29. The van der Waals surface area contributed by atoms with Crippen LogP contribution in [-0.4, -0.2) is 10.1 Å². The quantitative estimate of drug-likeness (QED) is 0.804. The molecule has 2 aromatic rings. The van der Waals surface area contributed by atoms with E-state index in [0.717, 1.165) is 11.1 Å². The van der Waals surface area contributed by atoms with E-state index < -0.39 is 6.10 Å². The first-order valence-corrected chi connectivity index (χ1v) is 5.13. The maximum absolute atomic E-state index is 10.2. The van der Waals surface area contributed by atoms with Gasteiger partial charge in [0.05, 0.1) is 0 Å². The highest BCUT2D eigenvalue weighted by Crippen LogP contribution is 2.25. The van der Waals surface area contributed by atoms with Crippen LogP contribution in [0.25, 0.3) is 0 Å². The van der Waals surface area contributed by atoms with Gasteiger partial charge < -0.3 is 10.8 Å². The van der Waals surface area contributed by atoms with Crippen LogP contribution in [0.1, 0.15) is 22.8 Å². The summed E-state index contributed by atoms with van der Waals surface area (Å²) in [6.07, 6.45) is 0.899. The maximum Gasteiger partial charge on any atom is 0.129 e. The van der Waals surface area contributed by atoms with Crippen LogP contribution in [0.2, 0.25) is 0 Å². The van der Waals surface area contributed by atoms with Gasteiger partial charge in [-0.25, -0.2) is 4.98 Å². The van der Waals surface area contributed by atoms with E-state index in [1.807, 2.05) is 31.2 Å². The Morgan fingerprint density at radius 3 is 2.75 bits per heavy atom. The lowest BCUT2D eigenvalue weighted by molar-refractivity contribution is 0.220. The van der Waals surface area contributed by atoms with E-state index in [-0.39, 0.29) is 0 Å². The van der Waals surface area contributed by atoms with Crippen LogP contribution in [0.15, 0.2) is 42.6 Å². The molecule has 0 fully saturated rings. The first kappa shape index (κ1) is 10.6. The molecular formula is C13H14N2O. The highest BCUT2D eigenvalue weighted by Gasteiger charge is 2.13. The number of rotatable bonds is 2. The number of anilines is 1. The molecule has 2 rings (SSSR count). The molecule has 0 aliphatic rings. The molecule has 0 saturated heterocycles. The highest BCUT2D eigenvalue weighted by atomic mass is 16.3. The number of aliphatic hydroxyl groups excluding tert-OH is 1. The summed E-state index contributed by atoms with van der Waals surface area (Å²) in [5.41, 5.74) is 8.32. The van der Waals surface area contributed by atoms with Gasteiger partial charge >= 0.3 is 0 Å². The van der Waals surface area contributed by atoms with E-state index in [1.54, 1.807) is 18.3 Å². The fourth-order valence-corrected chi connectivity index (χ4v) is 1.68. The Balaban J connectivity index is 2.39. The van der Waals surface area contributed by atoms with Crippen molar-refractivity contribution in [3.63, 3.8) is 0 Å². The molecular weight excluding hydrogens is 200 g/mol. The van der Waals surface area contributed by atoms with Gasteiger partial charge in [0.1, 0.15) is 11.9 Å². The summed E-state index contributed by atoms with van der Waals surface area (Å²) in [5.74, 6) is 0.372. The van der Waals surface area contributed by atoms with E-state index >= 15 is 0 Å². The van der Waals surface area contributed by atoms with Crippen LogP contribution in [0, 0.1) is 6.92 Å². The molecule has 1 heterocycles. The van der Waals surface area contributed by atoms with E-state index in [4.69, 9.17) is 5.73 Å². The van der Waals surface area contributed by atoms with Crippen molar-refractivity contribution < 1.29 is 5.11 Å².